The Labute approximate surface area is 242 Å². The number of ether oxygens (including phenoxy) is 4. The van der Waals surface area contributed by atoms with Gasteiger partial charge in [0.15, 0.2) is 23.0 Å². The van der Waals surface area contributed by atoms with Gasteiger partial charge in [-0.3, -0.25) is 4.79 Å². The van der Waals surface area contributed by atoms with Crippen molar-refractivity contribution in [2.75, 3.05) is 13.9 Å². The summed E-state index contributed by atoms with van der Waals surface area (Å²) >= 11 is 3.56. The lowest BCUT2D eigenvalue weighted by molar-refractivity contribution is 0.0729. The molecule has 0 bridgehead atoms. The molecule has 41 heavy (non-hydrogen) atoms. The minimum absolute atomic E-state index is 0.110. The monoisotopic (exact) mass is 611 g/mol. The highest BCUT2D eigenvalue weighted by Crippen LogP contribution is 2.36. The quantitative estimate of drug-likeness (QED) is 0.0964. The van der Waals surface area contributed by atoms with Crippen molar-refractivity contribution < 1.29 is 28.5 Å². The molecule has 2 N–H and O–H groups in total. The van der Waals surface area contributed by atoms with E-state index in [0.717, 1.165) is 26.5 Å². The molecule has 0 saturated carbocycles. The van der Waals surface area contributed by atoms with Crippen molar-refractivity contribution in [3.8, 4) is 34.1 Å². The third kappa shape index (κ3) is 5.24. The number of benzene rings is 4. The summed E-state index contributed by atoms with van der Waals surface area (Å²) in [7, 11) is 1.47. The second-order valence-electron chi connectivity index (χ2n) is 8.97. The average Bonchev–Trinajstić information content (AvgIpc) is 3.63. The number of carbonyl (C=O) groups is 2. The predicted molar refractivity (Wildman–Crippen MR) is 157 cm³/mol. The minimum atomic E-state index is -0.575. The summed E-state index contributed by atoms with van der Waals surface area (Å²) in [6, 6.07) is 25.2. The highest BCUT2D eigenvalue weighted by molar-refractivity contribution is 9.10. The van der Waals surface area contributed by atoms with Crippen LogP contribution in [0.2, 0.25) is 0 Å². The number of para-hydroxylation sites is 1. The van der Waals surface area contributed by atoms with Crippen LogP contribution in [0.5, 0.6) is 23.0 Å². The number of nitrogens with zero attached hydrogens (tertiary/aromatic N) is 1. The zero-order valence-corrected chi connectivity index (χ0v) is 23.2. The SMILES string of the molecule is COc1cc(C=NNC(=O)c2[nH]c3c(Br)cccc3c2-c2ccccc2)ccc1OC(=O)c1ccc2c(c1)OCO2. The lowest BCUT2D eigenvalue weighted by Gasteiger charge is -2.10. The van der Waals surface area contributed by atoms with Crippen LogP contribution in [0.15, 0.2) is 94.5 Å². The van der Waals surface area contributed by atoms with E-state index in [2.05, 4.69) is 31.4 Å². The third-order valence-corrected chi connectivity index (χ3v) is 7.11. The number of methoxy groups -OCH3 is 1. The van der Waals surface area contributed by atoms with Gasteiger partial charge in [-0.2, -0.15) is 5.10 Å². The van der Waals surface area contributed by atoms with Crippen LogP contribution >= 0.6 is 15.9 Å². The Morgan fingerprint density at radius 2 is 1.78 bits per heavy atom. The summed E-state index contributed by atoms with van der Waals surface area (Å²) in [5.41, 5.74) is 6.42. The molecule has 0 radical (unpaired) electrons. The van der Waals surface area contributed by atoms with E-state index in [4.69, 9.17) is 18.9 Å². The number of H-pyrrole nitrogens is 1. The van der Waals surface area contributed by atoms with Gasteiger partial charge in [-0.05, 0) is 69.5 Å². The summed E-state index contributed by atoms with van der Waals surface area (Å²) in [5, 5.41) is 5.06. The van der Waals surface area contributed by atoms with Gasteiger partial charge in [0.2, 0.25) is 6.79 Å². The van der Waals surface area contributed by atoms with Gasteiger partial charge >= 0.3 is 5.97 Å². The summed E-state index contributed by atoms with van der Waals surface area (Å²) in [5.74, 6) is 0.632. The van der Waals surface area contributed by atoms with E-state index in [9.17, 15) is 9.59 Å². The van der Waals surface area contributed by atoms with Crippen LogP contribution in [0, 0.1) is 0 Å². The summed E-state index contributed by atoms with van der Waals surface area (Å²) in [6.07, 6.45) is 1.48. The molecule has 0 saturated heterocycles. The first-order chi connectivity index (χ1) is 20.0. The maximum atomic E-state index is 13.2. The van der Waals surface area contributed by atoms with Gasteiger partial charge in [-0.25, -0.2) is 10.2 Å². The molecule has 5 aromatic rings. The fraction of sp³-hybridized carbons (Fsp3) is 0.0645. The lowest BCUT2D eigenvalue weighted by Crippen LogP contribution is -2.18. The Kier molecular flexibility index (Phi) is 7.13. The van der Waals surface area contributed by atoms with E-state index in [0.29, 0.717) is 34.1 Å². The number of nitrogens with one attached hydrogen (secondary N) is 2. The van der Waals surface area contributed by atoms with Gasteiger partial charge in [0, 0.05) is 15.4 Å². The number of hydrogen-bond acceptors (Lipinski definition) is 7. The molecule has 0 spiro atoms. The molecule has 9 nitrogen and oxygen atoms in total. The number of carbonyl (C=O) groups excluding carboxylic acids is 2. The van der Waals surface area contributed by atoms with Crippen LogP contribution in [0.4, 0.5) is 0 Å². The van der Waals surface area contributed by atoms with Crippen molar-refractivity contribution in [1.82, 2.24) is 10.4 Å². The van der Waals surface area contributed by atoms with Crippen molar-refractivity contribution >= 4 is 44.9 Å². The van der Waals surface area contributed by atoms with Crippen LogP contribution in [0.1, 0.15) is 26.4 Å². The summed E-state index contributed by atoms with van der Waals surface area (Å²) < 4.78 is 22.4. The van der Waals surface area contributed by atoms with Crippen molar-refractivity contribution in [2.24, 2.45) is 5.10 Å². The van der Waals surface area contributed by atoms with Crippen molar-refractivity contribution in [1.29, 1.82) is 0 Å². The Balaban J connectivity index is 1.19. The maximum Gasteiger partial charge on any atom is 0.343 e. The second kappa shape index (κ2) is 11.2. The van der Waals surface area contributed by atoms with Crippen molar-refractivity contribution in [3.05, 3.63) is 106 Å². The van der Waals surface area contributed by atoms with Gasteiger partial charge in [0.1, 0.15) is 5.69 Å². The van der Waals surface area contributed by atoms with E-state index in [1.807, 2.05) is 48.5 Å². The Bertz CT molecular complexity index is 1820. The first-order valence-electron chi connectivity index (χ1n) is 12.5. The molecule has 4 aromatic carbocycles. The van der Waals surface area contributed by atoms with E-state index < -0.39 is 11.9 Å². The largest absolute Gasteiger partial charge is 0.493 e. The third-order valence-electron chi connectivity index (χ3n) is 6.45. The molecular formula is C31H22BrN3O6. The number of aromatic nitrogens is 1. The normalized spacial score (nSPS) is 12.0. The molecule has 1 amide bonds. The molecule has 10 heteroatoms. The van der Waals surface area contributed by atoms with Gasteiger partial charge in [0.25, 0.3) is 5.91 Å². The number of fused-ring (bicyclic) bond motifs is 2. The Hall–Kier alpha value is -5.09. The smallest absolute Gasteiger partial charge is 0.343 e. The fourth-order valence-electron chi connectivity index (χ4n) is 4.51. The van der Waals surface area contributed by atoms with Crippen LogP contribution in [-0.4, -0.2) is 37.0 Å². The molecule has 0 aliphatic carbocycles. The topological polar surface area (TPSA) is 111 Å². The molecule has 204 valence electrons. The van der Waals surface area contributed by atoms with E-state index in [1.165, 1.54) is 13.3 Å². The lowest BCUT2D eigenvalue weighted by atomic mass is 10.0. The number of hydrazone groups is 1. The second-order valence-corrected chi connectivity index (χ2v) is 9.82. The van der Waals surface area contributed by atoms with Gasteiger partial charge in [-0.15, -0.1) is 0 Å². The zero-order valence-electron chi connectivity index (χ0n) is 21.6. The van der Waals surface area contributed by atoms with Crippen LogP contribution in [0.25, 0.3) is 22.0 Å². The average molecular weight is 612 g/mol. The van der Waals surface area contributed by atoms with E-state index in [-0.39, 0.29) is 12.5 Å². The highest BCUT2D eigenvalue weighted by atomic mass is 79.9. The molecule has 1 aromatic heterocycles. The zero-order chi connectivity index (χ0) is 28.3. The number of rotatable bonds is 7. The van der Waals surface area contributed by atoms with E-state index in [1.54, 1.807) is 36.4 Å². The molecule has 0 fully saturated rings. The molecule has 6 rings (SSSR count). The number of halogens is 1. The maximum absolute atomic E-state index is 13.2. The van der Waals surface area contributed by atoms with Crippen LogP contribution < -0.4 is 24.4 Å². The molecule has 0 atom stereocenters. The van der Waals surface area contributed by atoms with Crippen LogP contribution in [-0.2, 0) is 0 Å². The molecule has 1 aliphatic rings. The Morgan fingerprint density at radius 3 is 2.61 bits per heavy atom. The van der Waals surface area contributed by atoms with Crippen molar-refractivity contribution in [3.63, 3.8) is 0 Å². The van der Waals surface area contributed by atoms with Gasteiger partial charge in [0.05, 0.1) is 24.4 Å². The van der Waals surface area contributed by atoms with Crippen LogP contribution in [0.3, 0.4) is 0 Å². The molecule has 1 aliphatic heterocycles. The molecule has 0 unspecified atom stereocenters. The van der Waals surface area contributed by atoms with Gasteiger partial charge < -0.3 is 23.9 Å². The van der Waals surface area contributed by atoms with E-state index >= 15 is 0 Å². The molecule has 2 heterocycles. The summed E-state index contributed by atoms with van der Waals surface area (Å²) in [6.45, 7) is 0.110. The first kappa shape index (κ1) is 26.1. The predicted octanol–water partition coefficient (Wildman–Crippen LogP) is 6.32. The molecular weight excluding hydrogens is 590 g/mol. The first-order valence-corrected chi connectivity index (χ1v) is 13.3. The standard InChI is InChI=1S/C31H22BrN3O6/c1-38-25-14-18(10-12-24(25)41-31(37)20-11-13-23-26(15-20)40-17-39-23)16-33-35-30(36)29-27(19-6-3-2-4-7-19)21-8-5-9-22(32)28(21)34-29/h2-16,34H,17H2,1H3,(H,35,36). The number of aromatic amines is 1. The Morgan fingerprint density at radius 1 is 0.951 bits per heavy atom. The fourth-order valence-corrected chi connectivity index (χ4v) is 4.97. The van der Waals surface area contributed by atoms with Gasteiger partial charge in [-0.1, -0.05) is 42.5 Å². The van der Waals surface area contributed by atoms with Crippen molar-refractivity contribution in [2.45, 2.75) is 0 Å². The minimum Gasteiger partial charge on any atom is -0.493 e. The highest BCUT2D eigenvalue weighted by Gasteiger charge is 2.21. The number of hydrogen-bond donors (Lipinski definition) is 2. The summed E-state index contributed by atoms with van der Waals surface area (Å²) in [4.78, 5) is 29.2. The number of esters is 1. The number of amides is 1.